The SMILES string of the molecule is C/C=C/[C@@H](OCOC)[C@@H](C[C@H](C)O[Si](c1ccccc1)(c1ccccc1)C(C)(C)C)N(Cc1ccccc1OC)C(=O)OCC. The van der Waals surface area contributed by atoms with Crippen molar-refractivity contribution in [3.8, 4) is 5.75 Å². The summed E-state index contributed by atoms with van der Waals surface area (Å²) < 4.78 is 30.3. The molecule has 45 heavy (non-hydrogen) atoms. The summed E-state index contributed by atoms with van der Waals surface area (Å²) in [5, 5.41) is 2.19. The first kappa shape index (κ1) is 36.0. The van der Waals surface area contributed by atoms with Crippen molar-refractivity contribution in [3.05, 3.63) is 103 Å². The molecule has 0 saturated carbocycles. The largest absolute Gasteiger partial charge is 0.496 e. The lowest BCUT2D eigenvalue weighted by Gasteiger charge is -2.46. The number of carbonyl (C=O) groups is 1. The van der Waals surface area contributed by atoms with Gasteiger partial charge in [0.1, 0.15) is 12.5 Å². The van der Waals surface area contributed by atoms with Crippen LogP contribution in [0.15, 0.2) is 97.1 Å². The molecule has 0 unspecified atom stereocenters. The van der Waals surface area contributed by atoms with E-state index in [2.05, 4.69) is 76.2 Å². The molecule has 0 fully saturated rings. The van der Waals surface area contributed by atoms with Gasteiger partial charge in [-0.05, 0) is 48.7 Å². The van der Waals surface area contributed by atoms with Crippen LogP contribution in [0, 0.1) is 0 Å². The summed E-state index contributed by atoms with van der Waals surface area (Å²) in [5.41, 5.74) is 0.865. The summed E-state index contributed by atoms with van der Waals surface area (Å²) in [6, 6.07) is 28.4. The Morgan fingerprint density at radius 3 is 2.00 bits per heavy atom. The third-order valence-corrected chi connectivity index (χ3v) is 13.1. The third kappa shape index (κ3) is 9.07. The second-order valence-electron chi connectivity index (χ2n) is 12.1. The number of carbonyl (C=O) groups excluding carboxylic acids is 1. The quantitative estimate of drug-likeness (QED) is 0.0967. The van der Waals surface area contributed by atoms with E-state index in [9.17, 15) is 4.79 Å². The molecule has 0 bridgehead atoms. The van der Waals surface area contributed by atoms with Gasteiger partial charge in [-0.3, -0.25) is 4.90 Å². The van der Waals surface area contributed by atoms with Crippen molar-refractivity contribution in [3.63, 3.8) is 0 Å². The minimum absolute atomic E-state index is 0.0702. The standard InChI is InChI=1S/C37H51NO6Si/c1-9-19-35(43-28-40-7)33(38(36(39)42-10-2)27-30-20-17-18-25-34(30)41-8)26-29(3)44-45(37(4,5)6,31-21-13-11-14-22-31)32-23-15-12-16-24-32/h9,11-25,29,33,35H,10,26-28H2,1-8H3/b19-9+/t29-,33+,35+/m0/s1. The first-order chi connectivity index (χ1) is 21.6. The van der Waals surface area contributed by atoms with E-state index in [1.54, 1.807) is 19.1 Å². The normalized spacial score (nSPS) is 14.1. The lowest BCUT2D eigenvalue weighted by molar-refractivity contribution is -0.0856. The second-order valence-corrected chi connectivity index (χ2v) is 16.3. The second kappa shape index (κ2) is 17.3. The predicted molar refractivity (Wildman–Crippen MR) is 184 cm³/mol. The van der Waals surface area contributed by atoms with Crippen molar-refractivity contribution in [2.75, 3.05) is 27.6 Å². The fraction of sp³-hybridized carbons (Fsp3) is 0.432. The maximum absolute atomic E-state index is 13.8. The van der Waals surface area contributed by atoms with Crippen molar-refractivity contribution in [2.45, 2.75) is 77.8 Å². The Kier molecular flexibility index (Phi) is 13.9. The number of ether oxygens (including phenoxy) is 4. The molecule has 0 radical (unpaired) electrons. The lowest BCUT2D eigenvalue weighted by Crippen LogP contribution is -2.67. The van der Waals surface area contributed by atoms with Crippen molar-refractivity contribution < 1.29 is 28.2 Å². The number of benzene rings is 3. The van der Waals surface area contributed by atoms with Gasteiger partial charge in [0.15, 0.2) is 0 Å². The first-order valence-electron chi connectivity index (χ1n) is 15.7. The minimum Gasteiger partial charge on any atom is -0.496 e. The topological polar surface area (TPSA) is 66.5 Å². The molecule has 0 aliphatic heterocycles. The smallest absolute Gasteiger partial charge is 0.410 e. The highest BCUT2D eigenvalue weighted by Crippen LogP contribution is 2.38. The number of nitrogens with zero attached hydrogens (tertiary/aromatic N) is 1. The Labute approximate surface area is 271 Å². The van der Waals surface area contributed by atoms with Crippen LogP contribution in [0.5, 0.6) is 5.75 Å². The van der Waals surface area contributed by atoms with E-state index in [1.807, 2.05) is 62.4 Å². The highest BCUT2D eigenvalue weighted by Gasteiger charge is 2.51. The van der Waals surface area contributed by atoms with Crippen LogP contribution < -0.4 is 15.1 Å². The van der Waals surface area contributed by atoms with Crippen molar-refractivity contribution in [2.24, 2.45) is 0 Å². The summed E-state index contributed by atoms with van der Waals surface area (Å²) >= 11 is 0. The van der Waals surface area contributed by atoms with Gasteiger partial charge in [0.2, 0.25) is 0 Å². The van der Waals surface area contributed by atoms with Crippen LogP contribution in [-0.2, 0) is 25.2 Å². The molecule has 244 valence electrons. The fourth-order valence-electron chi connectivity index (χ4n) is 5.99. The van der Waals surface area contributed by atoms with Gasteiger partial charge < -0.3 is 23.4 Å². The molecule has 7 nitrogen and oxygen atoms in total. The average molecular weight is 634 g/mol. The van der Waals surface area contributed by atoms with Gasteiger partial charge in [0.25, 0.3) is 8.32 Å². The van der Waals surface area contributed by atoms with Crippen LogP contribution in [0.4, 0.5) is 4.79 Å². The van der Waals surface area contributed by atoms with Crippen LogP contribution in [0.1, 0.15) is 53.5 Å². The molecule has 0 spiro atoms. The highest BCUT2D eigenvalue weighted by atomic mass is 28.4. The zero-order valence-electron chi connectivity index (χ0n) is 28.2. The van der Waals surface area contributed by atoms with Gasteiger partial charge in [0, 0.05) is 18.8 Å². The molecule has 0 N–H and O–H groups in total. The maximum atomic E-state index is 13.8. The van der Waals surface area contributed by atoms with E-state index in [1.165, 1.54) is 10.4 Å². The first-order valence-corrected chi connectivity index (χ1v) is 17.6. The van der Waals surface area contributed by atoms with Gasteiger partial charge in [-0.2, -0.15) is 0 Å². The Morgan fingerprint density at radius 2 is 1.49 bits per heavy atom. The van der Waals surface area contributed by atoms with Crippen molar-refractivity contribution in [1.29, 1.82) is 0 Å². The number of hydrogen-bond donors (Lipinski definition) is 0. The van der Waals surface area contributed by atoms with Crippen molar-refractivity contribution in [1.82, 2.24) is 4.90 Å². The van der Waals surface area contributed by atoms with E-state index in [0.717, 1.165) is 5.56 Å². The predicted octanol–water partition coefficient (Wildman–Crippen LogP) is 6.94. The molecule has 0 saturated heterocycles. The zero-order chi connectivity index (χ0) is 32.9. The van der Waals surface area contributed by atoms with E-state index >= 15 is 0 Å². The minimum atomic E-state index is -2.86. The molecule has 8 heteroatoms. The van der Waals surface area contributed by atoms with Gasteiger partial charge >= 0.3 is 6.09 Å². The maximum Gasteiger partial charge on any atom is 0.410 e. The number of para-hydroxylation sites is 1. The van der Waals surface area contributed by atoms with Crippen LogP contribution in [0.2, 0.25) is 5.04 Å². The molecular weight excluding hydrogens is 582 g/mol. The van der Waals surface area contributed by atoms with Crippen LogP contribution in [-0.4, -0.2) is 65.2 Å². The monoisotopic (exact) mass is 633 g/mol. The Hall–Kier alpha value is -3.43. The fourth-order valence-corrected chi connectivity index (χ4v) is 10.7. The lowest BCUT2D eigenvalue weighted by atomic mass is 10.0. The van der Waals surface area contributed by atoms with Crippen LogP contribution in [0.3, 0.4) is 0 Å². The zero-order valence-corrected chi connectivity index (χ0v) is 29.2. The molecule has 3 aromatic carbocycles. The molecule has 0 heterocycles. The summed E-state index contributed by atoms with van der Waals surface area (Å²) in [5.74, 6) is 0.697. The molecule has 1 amide bonds. The Balaban J connectivity index is 2.14. The highest BCUT2D eigenvalue weighted by molar-refractivity contribution is 6.99. The summed E-state index contributed by atoms with van der Waals surface area (Å²) in [7, 11) is 0.364. The van der Waals surface area contributed by atoms with E-state index < -0.39 is 26.6 Å². The van der Waals surface area contributed by atoms with Crippen molar-refractivity contribution >= 4 is 24.8 Å². The summed E-state index contributed by atoms with van der Waals surface area (Å²) in [6.07, 6.45) is 3.20. The Bertz CT molecular complexity index is 1290. The summed E-state index contributed by atoms with van der Waals surface area (Å²) in [6.45, 7) is 13.2. The number of amides is 1. The van der Waals surface area contributed by atoms with E-state index in [0.29, 0.717) is 12.2 Å². The molecule has 0 aliphatic carbocycles. The van der Waals surface area contributed by atoms with E-state index in [4.69, 9.17) is 23.4 Å². The van der Waals surface area contributed by atoms with Gasteiger partial charge in [-0.25, -0.2) is 4.79 Å². The van der Waals surface area contributed by atoms with E-state index in [-0.39, 0.29) is 31.1 Å². The summed E-state index contributed by atoms with van der Waals surface area (Å²) in [4.78, 5) is 15.5. The molecule has 0 aliphatic rings. The molecule has 0 aromatic heterocycles. The molecule has 3 atom stereocenters. The van der Waals surface area contributed by atoms with Gasteiger partial charge in [-0.1, -0.05) is 112 Å². The van der Waals surface area contributed by atoms with Gasteiger partial charge in [0.05, 0.1) is 32.4 Å². The van der Waals surface area contributed by atoms with Crippen LogP contribution in [0.25, 0.3) is 0 Å². The number of rotatable bonds is 16. The number of methoxy groups -OCH3 is 2. The number of allylic oxidation sites excluding steroid dienone is 1. The number of hydrogen-bond acceptors (Lipinski definition) is 6. The third-order valence-electron chi connectivity index (χ3n) is 7.94. The molecular formula is C37H51NO6Si. The average Bonchev–Trinajstić information content (AvgIpc) is 3.04. The van der Waals surface area contributed by atoms with Gasteiger partial charge in [-0.15, -0.1) is 0 Å². The Morgan fingerprint density at radius 1 is 0.911 bits per heavy atom. The molecule has 3 rings (SSSR count). The molecule has 3 aromatic rings. The van der Waals surface area contributed by atoms with Crippen LogP contribution >= 0.6 is 0 Å².